The van der Waals surface area contributed by atoms with Crippen LogP contribution in [0.15, 0.2) is 0 Å². The molecule has 0 saturated carbocycles. The Labute approximate surface area is 112 Å². The Hall–Kier alpha value is -1.34. The molecule has 0 aromatic carbocycles. The second kappa shape index (κ2) is 5.75. The van der Waals surface area contributed by atoms with E-state index in [1.54, 1.807) is 4.90 Å². The van der Waals surface area contributed by atoms with Crippen molar-refractivity contribution in [3.63, 3.8) is 0 Å². The van der Waals surface area contributed by atoms with Gasteiger partial charge >= 0.3 is 12.0 Å². The molecular formula is C12H21N3O4. The van der Waals surface area contributed by atoms with Crippen LogP contribution in [0, 0.1) is 0 Å². The van der Waals surface area contributed by atoms with Crippen LogP contribution in [-0.4, -0.2) is 88.3 Å². The number of hydrogen-bond donors (Lipinski definition) is 2. The maximum Gasteiger partial charge on any atom is 0.326 e. The van der Waals surface area contributed by atoms with Crippen molar-refractivity contribution in [2.75, 3.05) is 39.3 Å². The van der Waals surface area contributed by atoms with Crippen molar-refractivity contribution in [1.82, 2.24) is 14.7 Å². The number of β-amino-alcohol motifs (C(OH)–C–C–N with tert-alkyl or cyclic N) is 1. The van der Waals surface area contributed by atoms with E-state index >= 15 is 0 Å². The van der Waals surface area contributed by atoms with E-state index in [2.05, 4.69) is 11.8 Å². The number of piperazine rings is 1. The summed E-state index contributed by atoms with van der Waals surface area (Å²) in [7, 11) is 0. The minimum Gasteiger partial charge on any atom is -0.480 e. The summed E-state index contributed by atoms with van der Waals surface area (Å²) in [5.74, 6) is -1.04. The van der Waals surface area contributed by atoms with Crippen LogP contribution in [0.25, 0.3) is 0 Å². The van der Waals surface area contributed by atoms with Gasteiger partial charge in [-0.2, -0.15) is 0 Å². The number of nitrogens with zero attached hydrogens (tertiary/aromatic N) is 3. The number of rotatable bonds is 2. The zero-order valence-electron chi connectivity index (χ0n) is 11.2. The van der Waals surface area contributed by atoms with E-state index < -0.39 is 18.1 Å². The molecule has 0 aliphatic carbocycles. The fourth-order valence-corrected chi connectivity index (χ4v) is 2.70. The lowest BCUT2D eigenvalue weighted by atomic mass is 10.2. The number of likely N-dealkylation sites (N-methyl/N-ethyl adjacent to an activating group) is 1. The highest BCUT2D eigenvalue weighted by Crippen LogP contribution is 2.20. The van der Waals surface area contributed by atoms with Crippen molar-refractivity contribution in [1.29, 1.82) is 0 Å². The van der Waals surface area contributed by atoms with Crippen molar-refractivity contribution in [3.8, 4) is 0 Å². The summed E-state index contributed by atoms with van der Waals surface area (Å²) in [5.41, 5.74) is 0. The molecule has 0 radical (unpaired) electrons. The van der Waals surface area contributed by atoms with E-state index in [1.165, 1.54) is 4.90 Å². The van der Waals surface area contributed by atoms with Gasteiger partial charge < -0.3 is 24.9 Å². The third-order valence-corrected chi connectivity index (χ3v) is 3.90. The van der Waals surface area contributed by atoms with Crippen molar-refractivity contribution in [3.05, 3.63) is 0 Å². The lowest BCUT2D eigenvalue weighted by Gasteiger charge is -2.37. The van der Waals surface area contributed by atoms with E-state index in [0.717, 1.165) is 19.6 Å². The molecule has 19 heavy (non-hydrogen) atoms. The van der Waals surface area contributed by atoms with Gasteiger partial charge in [-0.3, -0.25) is 0 Å². The van der Waals surface area contributed by atoms with E-state index in [9.17, 15) is 14.7 Å². The van der Waals surface area contributed by atoms with E-state index in [1.807, 2.05) is 0 Å². The maximum absolute atomic E-state index is 12.3. The largest absolute Gasteiger partial charge is 0.480 e. The van der Waals surface area contributed by atoms with Crippen LogP contribution >= 0.6 is 0 Å². The summed E-state index contributed by atoms with van der Waals surface area (Å²) in [4.78, 5) is 28.6. The Balaban J connectivity index is 1.97. The van der Waals surface area contributed by atoms with E-state index in [4.69, 9.17) is 5.11 Å². The first kappa shape index (κ1) is 14.1. The summed E-state index contributed by atoms with van der Waals surface area (Å²) in [6.45, 7) is 6.02. The molecule has 2 rings (SSSR count). The number of hydrogen-bond acceptors (Lipinski definition) is 4. The number of carbonyl (C=O) groups is 2. The maximum atomic E-state index is 12.3. The van der Waals surface area contributed by atoms with Crippen molar-refractivity contribution >= 4 is 12.0 Å². The number of carboxylic acid groups (broad SMARTS) is 1. The molecule has 0 aromatic rings. The Bertz CT molecular complexity index is 355. The molecule has 0 bridgehead atoms. The molecule has 0 aromatic heterocycles. The number of likely N-dealkylation sites (tertiary alicyclic amines) is 1. The van der Waals surface area contributed by atoms with Crippen LogP contribution in [-0.2, 0) is 4.79 Å². The van der Waals surface area contributed by atoms with Crippen LogP contribution in [0.4, 0.5) is 4.79 Å². The van der Waals surface area contributed by atoms with Crippen molar-refractivity contribution in [2.24, 2.45) is 0 Å². The molecule has 108 valence electrons. The molecule has 7 nitrogen and oxygen atoms in total. The lowest BCUT2D eigenvalue weighted by Crippen LogP contribution is -2.54. The van der Waals surface area contributed by atoms with Crippen molar-refractivity contribution in [2.45, 2.75) is 25.5 Å². The first-order valence-corrected chi connectivity index (χ1v) is 6.71. The third-order valence-electron chi connectivity index (χ3n) is 3.90. The predicted molar refractivity (Wildman–Crippen MR) is 67.8 cm³/mol. The fourth-order valence-electron chi connectivity index (χ4n) is 2.70. The zero-order chi connectivity index (χ0) is 14.0. The summed E-state index contributed by atoms with van der Waals surface area (Å²) in [6, 6.07) is -1.16. The summed E-state index contributed by atoms with van der Waals surface area (Å²) in [5, 5.41) is 18.7. The van der Waals surface area contributed by atoms with Gasteiger partial charge in [0.15, 0.2) is 0 Å². The number of aliphatic hydroxyl groups is 1. The highest BCUT2D eigenvalue weighted by atomic mass is 16.4. The van der Waals surface area contributed by atoms with Gasteiger partial charge in [0.2, 0.25) is 0 Å². The highest BCUT2D eigenvalue weighted by molar-refractivity contribution is 5.83. The van der Waals surface area contributed by atoms with Gasteiger partial charge in [0, 0.05) is 39.1 Å². The molecule has 2 saturated heterocycles. The SMILES string of the molecule is CCN1CCN(C(=O)N2CC(O)C[C@H]2C(=O)O)CC1. The molecule has 7 heteroatoms. The first-order chi connectivity index (χ1) is 9.02. The van der Waals surface area contributed by atoms with Crippen LogP contribution in [0.2, 0.25) is 0 Å². The average molecular weight is 271 g/mol. The lowest BCUT2D eigenvalue weighted by molar-refractivity contribution is -0.141. The first-order valence-electron chi connectivity index (χ1n) is 6.71. The minimum atomic E-state index is -1.04. The highest BCUT2D eigenvalue weighted by Gasteiger charge is 2.40. The number of aliphatic carboxylic acids is 1. The van der Waals surface area contributed by atoms with Gasteiger partial charge in [-0.25, -0.2) is 9.59 Å². The molecule has 2 N–H and O–H groups in total. The van der Waals surface area contributed by atoms with Gasteiger partial charge in [-0.1, -0.05) is 6.92 Å². The van der Waals surface area contributed by atoms with Gasteiger partial charge in [-0.15, -0.1) is 0 Å². The average Bonchev–Trinajstić information content (AvgIpc) is 2.80. The van der Waals surface area contributed by atoms with Crippen LogP contribution in [0.5, 0.6) is 0 Å². The monoisotopic (exact) mass is 271 g/mol. The molecule has 2 aliphatic heterocycles. The fraction of sp³-hybridized carbons (Fsp3) is 0.833. The molecule has 2 amide bonds. The Morgan fingerprint density at radius 1 is 1.21 bits per heavy atom. The molecule has 0 spiro atoms. The van der Waals surface area contributed by atoms with Gasteiger partial charge in [0.1, 0.15) is 6.04 Å². The number of amides is 2. The van der Waals surface area contributed by atoms with E-state index in [-0.39, 0.29) is 19.0 Å². The Morgan fingerprint density at radius 2 is 1.84 bits per heavy atom. The third kappa shape index (κ3) is 2.98. The molecule has 2 aliphatic rings. The van der Waals surface area contributed by atoms with Gasteiger partial charge in [0.05, 0.1) is 6.10 Å². The second-order valence-electron chi connectivity index (χ2n) is 5.10. The zero-order valence-corrected chi connectivity index (χ0v) is 11.2. The Morgan fingerprint density at radius 3 is 2.37 bits per heavy atom. The van der Waals surface area contributed by atoms with Crippen molar-refractivity contribution < 1.29 is 19.8 Å². The molecule has 1 unspecified atom stereocenters. The number of carboxylic acids is 1. The smallest absolute Gasteiger partial charge is 0.326 e. The number of urea groups is 1. The van der Waals surface area contributed by atoms with Crippen LogP contribution in [0.1, 0.15) is 13.3 Å². The summed E-state index contributed by atoms with van der Waals surface area (Å²) >= 11 is 0. The quantitative estimate of drug-likeness (QED) is 0.691. The van der Waals surface area contributed by atoms with Gasteiger partial charge in [0.25, 0.3) is 0 Å². The topological polar surface area (TPSA) is 84.3 Å². The predicted octanol–water partition coefficient (Wildman–Crippen LogP) is -0.736. The normalized spacial score (nSPS) is 28.7. The molecular weight excluding hydrogens is 250 g/mol. The Kier molecular flexibility index (Phi) is 4.26. The summed E-state index contributed by atoms with van der Waals surface area (Å²) < 4.78 is 0. The van der Waals surface area contributed by atoms with E-state index in [0.29, 0.717) is 13.1 Å². The van der Waals surface area contributed by atoms with Crippen LogP contribution in [0.3, 0.4) is 0 Å². The van der Waals surface area contributed by atoms with Gasteiger partial charge in [-0.05, 0) is 6.54 Å². The summed E-state index contributed by atoms with van der Waals surface area (Å²) in [6.07, 6.45) is -0.613. The molecule has 2 atom stereocenters. The minimum absolute atomic E-state index is 0.115. The molecule has 2 fully saturated rings. The second-order valence-corrected chi connectivity index (χ2v) is 5.10. The van der Waals surface area contributed by atoms with Crippen LogP contribution < -0.4 is 0 Å². The standard InChI is InChI=1S/C12H21N3O4/c1-2-13-3-5-14(6-4-13)12(19)15-8-9(16)7-10(15)11(17)18/h9-10,16H,2-8H2,1H3,(H,17,18)/t9?,10-/m0/s1. The molecule has 2 heterocycles. The number of carbonyl (C=O) groups excluding carboxylic acids is 1. The number of aliphatic hydroxyl groups excluding tert-OH is 1.